The first-order valence-electron chi connectivity index (χ1n) is 14.3. The average Bonchev–Trinajstić information content (AvgIpc) is 3.67. The number of rotatable bonds is 15. The SMILES string of the molecule is CO[C@@H]1[C@H](OP(=O)(O)OC[C@H]2O[C@@H](n3ccc(=O)[nH]c3=O)[C@H](O)[C@@H]2O)[C@@H](COP(=O)(O)OP(=O)(O)CP(=O)(O)O)O[C@H]1n1cnc2c(N)ncnc21. The number of phosphoric ester groups is 2. The fraction of sp³-hybridized carbons (Fsp3) is 0.571. The van der Waals surface area contributed by atoms with Crippen molar-refractivity contribution in [3.05, 3.63) is 45.8 Å². The molecule has 0 aromatic carbocycles. The summed E-state index contributed by atoms with van der Waals surface area (Å²) < 4.78 is 87.0. The molecule has 0 amide bonds. The van der Waals surface area contributed by atoms with Crippen molar-refractivity contribution in [1.29, 1.82) is 0 Å². The highest BCUT2D eigenvalue weighted by molar-refractivity contribution is 7.73. The second-order valence-corrected chi connectivity index (χ2v) is 18.0. The number of hydrogen-bond donors (Lipinski definition) is 9. The predicted octanol–water partition coefficient (Wildman–Crippen LogP) is -2.55. The van der Waals surface area contributed by atoms with Crippen LogP contribution in [0.3, 0.4) is 0 Å². The zero-order valence-electron chi connectivity index (χ0n) is 26.1. The number of nitrogens with zero attached hydrogens (tertiary/aromatic N) is 5. The Hall–Kier alpha value is -2.61. The van der Waals surface area contributed by atoms with Gasteiger partial charge in [0.2, 0.25) is 0 Å². The molecule has 31 heteroatoms. The Morgan fingerprint density at radius 2 is 1.54 bits per heavy atom. The Morgan fingerprint density at radius 3 is 2.19 bits per heavy atom. The number of methoxy groups -OCH3 is 1. The van der Waals surface area contributed by atoms with Crippen LogP contribution in [-0.2, 0) is 50.4 Å². The van der Waals surface area contributed by atoms with Crippen LogP contribution in [0.2, 0.25) is 0 Å². The number of anilines is 1. The number of nitrogens with two attached hydrogens (primary N) is 1. The van der Waals surface area contributed by atoms with Gasteiger partial charge in [-0.2, -0.15) is 0 Å². The van der Waals surface area contributed by atoms with Crippen molar-refractivity contribution < 1.29 is 85.0 Å². The number of aromatic nitrogens is 6. The fourth-order valence-corrected chi connectivity index (χ4v) is 10.5. The molecule has 2 aliphatic rings. The number of aliphatic hydroxyl groups excluding tert-OH is 2. The highest BCUT2D eigenvalue weighted by Gasteiger charge is 2.52. The summed E-state index contributed by atoms with van der Waals surface area (Å²) in [4.78, 5) is 86.0. The van der Waals surface area contributed by atoms with E-state index in [1.165, 1.54) is 10.9 Å². The van der Waals surface area contributed by atoms with Crippen LogP contribution in [-0.4, -0.2) is 127 Å². The average molecular weight is 825 g/mol. The van der Waals surface area contributed by atoms with Gasteiger partial charge >= 0.3 is 36.5 Å². The Labute approximate surface area is 288 Å². The fourth-order valence-electron chi connectivity index (χ4n) is 5.19. The molecule has 10 N–H and O–H groups in total. The van der Waals surface area contributed by atoms with Gasteiger partial charge in [0.1, 0.15) is 48.5 Å². The van der Waals surface area contributed by atoms with Crippen LogP contribution in [0.4, 0.5) is 5.82 Å². The smallest absolute Gasteiger partial charge is 0.387 e. The molecule has 3 aromatic rings. The van der Waals surface area contributed by atoms with Gasteiger partial charge in [0, 0.05) is 19.4 Å². The summed E-state index contributed by atoms with van der Waals surface area (Å²) in [5.41, 5.74) is 4.23. The first-order valence-corrected chi connectivity index (χ1v) is 20.8. The van der Waals surface area contributed by atoms with Crippen LogP contribution >= 0.6 is 30.8 Å². The molecule has 0 radical (unpaired) electrons. The van der Waals surface area contributed by atoms with Gasteiger partial charge < -0.3 is 54.6 Å². The molecular formula is C21H31N7O20P4. The molecule has 27 nitrogen and oxygen atoms in total. The van der Waals surface area contributed by atoms with Gasteiger partial charge in [0.15, 0.2) is 29.8 Å². The molecule has 0 saturated carbocycles. The number of aromatic amines is 1. The highest BCUT2D eigenvalue weighted by atomic mass is 31.3. The predicted molar refractivity (Wildman–Crippen MR) is 166 cm³/mol. The lowest BCUT2D eigenvalue weighted by molar-refractivity contribution is -0.0610. The van der Waals surface area contributed by atoms with Crippen molar-refractivity contribution >= 4 is 47.8 Å². The third-order valence-electron chi connectivity index (χ3n) is 7.33. The summed E-state index contributed by atoms with van der Waals surface area (Å²) in [5.74, 6) is -1.89. The summed E-state index contributed by atoms with van der Waals surface area (Å²) in [7, 11) is -20.5. The molecule has 3 unspecified atom stereocenters. The first kappa shape index (κ1) is 40.6. The van der Waals surface area contributed by atoms with Crippen molar-refractivity contribution in [3.63, 3.8) is 0 Å². The molecule has 0 spiro atoms. The maximum absolute atomic E-state index is 13.3. The highest BCUT2D eigenvalue weighted by Crippen LogP contribution is 2.65. The van der Waals surface area contributed by atoms with Crippen molar-refractivity contribution in [2.45, 2.75) is 49.1 Å². The summed E-state index contributed by atoms with van der Waals surface area (Å²) in [6.07, 6.45) is -9.84. The molecule has 2 fully saturated rings. The third kappa shape index (κ3) is 9.36. The van der Waals surface area contributed by atoms with Crippen molar-refractivity contribution in [3.8, 4) is 0 Å². The van der Waals surface area contributed by atoms with E-state index in [9.17, 15) is 52.7 Å². The van der Waals surface area contributed by atoms with Crippen LogP contribution in [0.25, 0.3) is 11.2 Å². The van der Waals surface area contributed by atoms with E-state index >= 15 is 0 Å². The largest absolute Gasteiger partial charge is 0.479 e. The number of aliphatic hydroxyl groups is 2. The van der Waals surface area contributed by atoms with Gasteiger partial charge in [0.25, 0.3) is 5.56 Å². The molecule has 3 aromatic heterocycles. The lowest BCUT2D eigenvalue weighted by atomic mass is 10.1. The number of nitrogen functional groups attached to an aromatic ring is 1. The van der Waals surface area contributed by atoms with Gasteiger partial charge in [-0.1, -0.05) is 0 Å². The Morgan fingerprint density at radius 1 is 0.885 bits per heavy atom. The van der Waals surface area contributed by atoms with Crippen LogP contribution in [0, 0.1) is 0 Å². The maximum atomic E-state index is 13.3. The first-order chi connectivity index (χ1) is 24.1. The number of ether oxygens (including phenoxy) is 3. The van der Waals surface area contributed by atoms with Crippen molar-refractivity contribution in [2.75, 3.05) is 32.0 Å². The number of hydrogen-bond acceptors (Lipinski definition) is 19. The second-order valence-electron chi connectivity index (χ2n) is 11.0. The van der Waals surface area contributed by atoms with Gasteiger partial charge in [-0.25, -0.2) is 33.2 Å². The number of fused-ring (bicyclic) bond motifs is 1. The quantitative estimate of drug-likeness (QED) is 0.0712. The number of H-pyrrole nitrogens is 1. The molecule has 2 aliphatic heterocycles. The standard InChI is InChI=1S/C21H31N7O20P4/c1-42-16-15(47-51(38,39)43-4-9-13(30)14(31)19(45-9)27-3-2-11(29)26-21(27)32)10(5-44-52(40,41)48-50(36,37)8-49(33,34)35)46-20(16)28-7-25-12-17(22)23-6-24-18(12)28/h2-3,6-7,9-10,13-16,19-20,30-31H,4-5,8H2,1H3,(H,36,37)(H,38,39)(H,40,41)(H2,22,23,24)(H,26,29,32)(H2,33,34,35)/t9-,10-,13-,14-,15-,16-,19-,20-/m1/s1. The van der Waals surface area contributed by atoms with Crippen LogP contribution in [0.1, 0.15) is 12.5 Å². The van der Waals surface area contributed by atoms with Gasteiger partial charge in [-0.3, -0.25) is 41.6 Å². The topological polar surface area (TPSA) is 399 Å². The Bertz CT molecular complexity index is 2090. The van der Waals surface area contributed by atoms with Crippen LogP contribution in [0.15, 0.2) is 34.5 Å². The molecule has 2 saturated heterocycles. The summed E-state index contributed by atoms with van der Waals surface area (Å²) in [5, 5.41) is 20.9. The van der Waals surface area contributed by atoms with Crippen molar-refractivity contribution in [1.82, 2.24) is 29.1 Å². The number of nitrogens with one attached hydrogen (secondary N) is 1. The molecular weight excluding hydrogens is 794 g/mol. The van der Waals surface area contributed by atoms with E-state index in [1.807, 2.05) is 4.98 Å². The minimum Gasteiger partial charge on any atom is -0.387 e. The molecule has 52 heavy (non-hydrogen) atoms. The van der Waals surface area contributed by atoms with E-state index in [4.69, 9.17) is 43.3 Å². The van der Waals surface area contributed by atoms with Crippen LogP contribution in [0.5, 0.6) is 0 Å². The zero-order chi connectivity index (χ0) is 38.4. The summed E-state index contributed by atoms with van der Waals surface area (Å²) >= 11 is 0. The van der Waals surface area contributed by atoms with E-state index in [-0.39, 0.29) is 17.0 Å². The van der Waals surface area contributed by atoms with Gasteiger partial charge in [-0.05, 0) is 0 Å². The molecule has 0 bridgehead atoms. The second kappa shape index (κ2) is 15.3. The van der Waals surface area contributed by atoms with E-state index in [1.54, 1.807) is 0 Å². The van der Waals surface area contributed by atoms with E-state index in [0.29, 0.717) is 0 Å². The molecule has 11 atom stereocenters. The maximum Gasteiger partial charge on any atom is 0.479 e. The minimum atomic E-state index is -5.63. The molecule has 5 rings (SSSR count). The van der Waals surface area contributed by atoms with E-state index in [2.05, 4.69) is 19.3 Å². The minimum absolute atomic E-state index is 0.0483. The lowest BCUT2D eigenvalue weighted by Crippen LogP contribution is -2.38. The number of phosphoric acid groups is 2. The monoisotopic (exact) mass is 825 g/mol. The molecule has 0 aliphatic carbocycles. The summed E-state index contributed by atoms with van der Waals surface area (Å²) in [6.45, 7) is -2.09. The van der Waals surface area contributed by atoms with Crippen molar-refractivity contribution in [2.24, 2.45) is 0 Å². The molecule has 5 heterocycles. The Kier molecular flexibility index (Phi) is 11.9. The third-order valence-corrected chi connectivity index (χ3v) is 13.5. The zero-order valence-corrected chi connectivity index (χ0v) is 29.7. The Balaban J connectivity index is 1.36. The molecule has 290 valence electrons. The normalized spacial score (nSPS) is 30.2. The van der Waals surface area contributed by atoms with E-state index in [0.717, 1.165) is 30.3 Å². The van der Waals surface area contributed by atoms with Gasteiger partial charge in [0.05, 0.1) is 19.5 Å². The number of imidazole rings is 1. The van der Waals surface area contributed by atoms with E-state index < -0.39 is 110 Å². The van der Waals surface area contributed by atoms with Crippen LogP contribution < -0.4 is 17.0 Å². The lowest BCUT2D eigenvalue weighted by Gasteiger charge is -2.26. The summed E-state index contributed by atoms with van der Waals surface area (Å²) in [6, 6.07) is 0.938. The van der Waals surface area contributed by atoms with Gasteiger partial charge in [-0.15, -0.1) is 0 Å².